The number of hydrogen-bond donors (Lipinski definition) is 1. The van der Waals surface area contributed by atoms with Gasteiger partial charge >= 0.3 is 6.18 Å². The first-order valence-electron chi connectivity index (χ1n) is 9.27. The molecule has 0 fully saturated rings. The van der Waals surface area contributed by atoms with E-state index in [1.807, 2.05) is 56.4 Å². The third-order valence-electron chi connectivity index (χ3n) is 4.78. The van der Waals surface area contributed by atoms with E-state index in [0.717, 1.165) is 28.8 Å². The minimum Gasteiger partial charge on any atom is -0.306 e. The van der Waals surface area contributed by atoms with Crippen molar-refractivity contribution in [3.63, 3.8) is 0 Å². The van der Waals surface area contributed by atoms with Crippen molar-refractivity contribution in [1.82, 2.24) is 9.38 Å². The van der Waals surface area contributed by atoms with Crippen LogP contribution >= 0.6 is 0 Å². The molecular formula is C23H18F3N3O. The third kappa shape index (κ3) is 3.78. The number of benzene rings is 2. The van der Waals surface area contributed by atoms with Crippen LogP contribution in [0.25, 0.3) is 16.9 Å². The lowest BCUT2D eigenvalue weighted by Crippen LogP contribution is -2.15. The second-order valence-corrected chi connectivity index (χ2v) is 7.14. The van der Waals surface area contributed by atoms with Crippen LogP contribution in [0.4, 0.5) is 19.0 Å². The SMILES string of the molecule is Cc1ccc(-c2nc3ccc(C)cn3c2NC(=O)c2cccc(C(F)(F)F)c2)cc1. The standard InChI is InChI=1S/C23H18F3N3O/c1-14-6-9-16(10-7-14)20-21(29-13-15(2)8-11-19(29)27-20)28-22(30)17-4-3-5-18(12-17)23(24,25)26/h3-13H,1-2H3,(H,28,30). The number of carbonyl (C=O) groups excluding carboxylic acids is 1. The highest BCUT2D eigenvalue weighted by Gasteiger charge is 2.31. The van der Waals surface area contributed by atoms with Crippen LogP contribution in [-0.4, -0.2) is 15.3 Å². The maximum Gasteiger partial charge on any atom is 0.416 e. The average Bonchev–Trinajstić information content (AvgIpc) is 3.05. The van der Waals surface area contributed by atoms with Crippen molar-refractivity contribution in [2.24, 2.45) is 0 Å². The monoisotopic (exact) mass is 409 g/mol. The summed E-state index contributed by atoms with van der Waals surface area (Å²) in [5.74, 6) is -0.238. The number of aryl methyl sites for hydroxylation is 2. The van der Waals surface area contributed by atoms with E-state index in [4.69, 9.17) is 0 Å². The second-order valence-electron chi connectivity index (χ2n) is 7.14. The van der Waals surface area contributed by atoms with Crippen molar-refractivity contribution >= 4 is 17.4 Å². The Labute approximate surface area is 171 Å². The first-order valence-corrected chi connectivity index (χ1v) is 9.27. The Morgan fingerprint density at radius 2 is 1.67 bits per heavy atom. The number of hydrogen-bond acceptors (Lipinski definition) is 2. The summed E-state index contributed by atoms with van der Waals surface area (Å²) in [5, 5.41) is 2.76. The molecule has 152 valence electrons. The number of fused-ring (bicyclic) bond motifs is 1. The molecule has 0 radical (unpaired) electrons. The van der Waals surface area contributed by atoms with Crippen LogP contribution in [0.15, 0.2) is 66.9 Å². The van der Waals surface area contributed by atoms with Gasteiger partial charge in [0.2, 0.25) is 0 Å². The summed E-state index contributed by atoms with van der Waals surface area (Å²) in [6.07, 6.45) is -2.70. The van der Waals surface area contributed by atoms with E-state index in [1.54, 1.807) is 4.40 Å². The van der Waals surface area contributed by atoms with Gasteiger partial charge in [0, 0.05) is 17.3 Å². The number of nitrogens with zero attached hydrogens (tertiary/aromatic N) is 2. The Hall–Kier alpha value is -3.61. The fourth-order valence-corrected chi connectivity index (χ4v) is 3.20. The number of imidazole rings is 1. The van der Waals surface area contributed by atoms with Gasteiger partial charge in [-0.2, -0.15) is 13.2 Å². The van der Waals surface area contributed by atoms with Crippen LogP contribution in [0.5, 0.6) is 0 Å². The molecule has 0 saturated heterocycles. The lowest BCUT2D eigenvalue weighted by Gasteiger charge is -2.11. The highest BCUT2D eigenvalue weighted by Crippen LogP contribution is 2.31. The number of pyridine rings is 1. The van der Waals surface area contributed by atoms with E-state index in [1.165, 1.54) is 12.1 Å². The second kappa shape index (κ2) is 7.33. The lowest BCUT2D eigenvalue weighted by atomic mass is 10.1. The molecule has 7 heteroatoms. The van der Waals surface area contributed by atoms with Crippen LogP contribution in [0.2, 0.25) is 0 Å². The third-order valence-corrected chi connectivity index (χ3v) is 4.78. The molecule has 0 spiro atoms. The smallest absolute Gasteiger partial charge is 0.306 e. The lowest BCUT2D eigenvalue weighted by molar-refractivity contribution is -0.137. The number of anilines is 1. The minimum atomic E-state index is -4.52. The summed E-state index contributed by atoms with van der Waals surface area (Å²) in [5.41, 5.74) is 3.03. The molecule has 2 aromatic carbocycles. The number of amides is 1. The van der Waals surface area contributed by atoms with Gasteiger partial charge in [0.15, 0.2) is 0 Å². The Balaban J connectivity index is 1.80. The zero-order chi connectivity index (χ0) is 21.5. The topological polar surface area (TPSA) is 46.4 Å². The first-order chi connectivity index (χ1) is 14.2. The normalized spacial score (nSPS) is 11.6. The van der Waals surface area contributed by atoms with E-state index < -0.39 is 17.6 Å². The van der Waals surface area contributed by atoms with Crippen LogP contribution in [0, 0.1) is 13.8 Å². The Morgan fingerprint density at radius 3 is 2.37 bits per heavy atom. The molecule has 0 saturated carbocycles. The predicted octanol–water partition coefficient (Wildman–Crippen LogP) is 5.89. The molecule has 0 aliphatic carbocycles. The van der Waals surface area contributed by atoms with E-state index in [0.29, 0.717) is 17.2 Å². The van der Waals surface area contributed by atoms with Gasteiger partial charge < -0.3 is 5.32 Å². The average molecular weight is 409 g/mol. The Bertz CT molecular complexity index is 1240. The molecule has 0 aliphatic rings. The number of carbonyl (C=O) groups is 1. The fraction of sp³-hybridized carbons (Fsp3) is 0.130. The number of rotatable bonds is 3. The van der Waals surface area contributed by atoms with E-state index in [9.17, 15) is 18.0 Å². The fourth-order valence-electron chi connectivity index (χ4n) is 3.20. The van der Waals surface area contributed by atoms with E-state index >= 15 is 0 Å². The molecule has 1 amide bonds. The van der Waals surface area contributed by atoms with Gasteiger partial charge in [0.1, 0.15) is 17.2 Å². The minimum absolute atomic E-state index is 0.0812. The van der Waals surface area contributed by atoms with Gasteiger partial charge in [-0.05, 0) is 43.7 Å². The number of halogens is 3. The molecule has 2 heterocycles. The van der Waals surface area contributed by atoms with E-state index in [-0.39, 0.29) is 5.56 Å². The maximum absolute atomic E-state index is 13.0. The molecule has 4 aromatic rings. The Kier molecular flexibility index (Phi) is 4.81. The summed E-state index contributed by atoms with van der Waals surface area (Å²) in [7, 11) is 0. The summed E-state index contributed by atoms with van der Waals surface area (Å²) >= 11 is 0. The number of nitrogens with one attached hydrogen (secondary N) is 1. The zero-order valence-corrected chi connectivity index (χ0v) is 16.3. The van der Waals surface area contributed by atoms with E-state index in [2.05, 4.69) is 10.3 Å². The van der Waals surface area contributed by atoms with Crippen molar-refractivity contribution < 1.29 is 18.0 Å². The van der Waals surface area contributed by atoms with Gasteiger partial charge in [-0.3, -0.25) is 9.20 Å². The first kappa shape index (κ1) is 19.7. The van der Waals surface area contributed by atoms with Gasteiger partial charge in [0.25, 0.3) is 5.91 Å². The molecule has 0 unspecified atom stereocenters. The molecular weight excluding hydrogens is 391 g/mol. The van der Waals surface area contributed by atoms with Gasteiger partial charge in [0.05, 0.1) is 5.56 Å². The summed E-state index contributed by atoms with van der Waals surface area (Å²) in [6, 6.07) is 15.7. The number of aromatic nitrogens is 2. The molecule has 1 N–H and O–H groups in total. The highest BCUT2D eigenvalue weighted by atomic mass is 19.4. The molecule has 0 atom stereocenters. The summed E-state index contributed by atoms with van der Waals surface area (Å²) < 4.78 is 40.8. The van der Waals surface area contributed by atoms with Crippen molar-refractivity contribution in [3.8, 4) is 11.3 Å². The van der Waals surface area contributed by atoms with Crippen molar-refractivity contribution in [3.05, 3.63) is 89.1 Å². The van der Waals surface area contributed by atoms with Crippen molar-refractivity contribution in [2.45, 2.75) is 20.0 Å². The van der Waals surface area contributed by atoms with Gasteiger partial charge in [-0.15, -0.1) is 0 Å². The van der Waals surface area contributed by atoms with Gasteiger partial charge in [-0.1, -0.05) is 42.0 Å². The maximum atomic E-state index is 13.0. The largest absolute Gasteiger partial charge is 0.416 e. The van der Waals surface area contributed by atoms with Gasteiger partial charge in [-0.25, -0.2) is 4.98 Å². The molecule has 2 aromatic heterocycles. The van der Waals surface area contributed by atoms with Crippen molar-refractivity contribution in [2.75, 3.05) is 5.32 Å². The predicted molar refractivity (Wildman–Crippen MR) is 109 cm³/mol. The molecule has 4 nitrogen and oxygen atoms in total. The van der Waals surface area contributed by atoms with Crippen LogP contribution in [0.3, 0.4) is 0 Å². The molecule has 4 rings (SSSR count). The summed E-state index contributed by atoms with van der Waals surface area (Å²) in [4.78, 5) is 17.5. The number of alkyl halides is 3. The molecule has 30 heavy (non-hydrogen) atoms. The Morgan fingerprint density at radius 1 is 0.967 bits per heavy atom. The van der Waals surface area contributed by atoms with Crippen molar-refractivity contribution in [1.29, 1.82) is 0 Å². The van der Waals surface area contributed by atoms with Crippen LogP contribution in [0.1, 0.15) is 27.0 Å². The van der Waals surface area contributed by atoms with Crippen LogP contribution < -0.4 is 5.32 Å². The molecule has 0 bridgehead atoms. The molecule has 0 aliphatic heterocycles. The highest BCUT2D eigenvalue weighted by molar-refractivity contribution is 6.06. The quantitative estimate of drug-likeness (QED) is 0.459. The zero-order valence-electron chi connectivity index (χ0n) is 16.3. The van der Waals surface area contributed by atoms with Crippen LogP contribution in [-0.2, 0) is 6.18 Å². The summed E-state index contributed by atoms with van der Waals surface area (Å²) in [6.45, 7) is 3.87.